The number of anilines is 1. The second kappa shape index (κ2) is 8.28. The van der Waals surface area contributed by atoms with Gasteiger partial charge in [0.15, 0.2) is 5.65 Å². The van der Waals surface area contributed by atoms with Crippen LogP contribution < -0.4 is 11.1 Å². The summed E-state index contributed by atoms with van der Waals surface area (Å²) in [6.45, 7) is 4.78. The van der Waals surface area contributed by atoms with Gasteiger partial charge in [0, 0.05) is 18.9 Å². The summed E-state index contributed by atoms with van der Waals surface area (Å²) in [7, 11) is 0. The van der Waals surface area contributed by atoms with E-state index in [0.717, 1.165) is 12.0 Å². The molecular weight excluding hydrogens is 378 g/mol. The van der Waals surface area contributed by atoms with E-state index in [1.807, 2.05) is 36.4 Å². The Hall–Kier alpha value is -3.81. The number of carbonyl (C=O) groups is 1. The summed E-state index contributed by atoms with van der Waals surface area (Å²) in [6, 6.07) is 11.1. The van der Waals surface area contributed by atoms with E-state index in [0.29, 0.717) is 40.2 Å². The number of hydrogen-bond donors (Lipinski definition) is 2. The minimum absolute atomic E-state index is 0.202. The summed E-state index contributed by atoms with van der Waals surface area (Å²) < 4.78 is 1.46. The summed E-state index contributed by atoms with van der Waals surface area (Å²) in [5.41, 5.74) is 9.77. The lowest BCUT2D eigenvalue weighted by Gasteiger charge is -2.07. The topological polar surface area (TPSA) is 111 Å². The Kier molecular flexibility index (Phi) is 5.38. The summed E-state index contributed by atoms with van der Waals surface area (Å²) in [6.07, 6.45) is 5.88. The Bertz CT molecular complexity index is 1230. The Morgan fingerprint density at radius 3 is 2.57 bits per heavy atom. The van der Waals surface area contributed by atoms with Gasteiger partial charge in [-0.15, -0.1) is 0 Å². The van der Waals surface area contributed by atoms with Gasteiger partial charge in [0.25, 0.3) is 5.91 Å². The van der Waals surface area contributed by atoms with Crippen LogP contribution in [0.5, 0.6) is 0 Å². The highest BCUT2D eigenvalue weighted by Crippen LogP contribution is 2.27. The maximum atomic E-state index is 13.0. The predicted molar refractivity (Wildman–Crippen MR) is 118 cm³/mol. The highest BCUT2D eigenvalue weighted by atomic mass is 16.1. The molecule has 3 N–H and O–H groups in total. The number of benzene rings is 1. The number of hydrogen-bond acceptors (Lipinski definition) is 6. The number of nitrogens with one attached hydrogen (secondary N) is 1. The molecule has 3 aromatic heterocycles. The monoisotopic (exact) mass is 401 g/mol. The number of amides is 1. The SMILES string of the molecule is CC(C)CCNC(=O)c1c(N)n(N=Cc2ccncc2)c2nc3ccccc3nc12. The van der Waals surface area contributed by atoms with Gasteiger partial charge in [-0.3, -0.25) is 9.78 Å². The number of pyridine rings is 1. The van der Waals surface area contributed by atoms with E-state index >= 15 is 0 Å². The van der Waals surface area contributed by atoms with Gasteiger partial charge in [0.2, 0.25) is 0 Å². The molecule has 1 amide bonds. The van der Waals surface area contributed by atoms with Crippen LogP contribution in [0.2, 0.25) is 0 Å². The third-order valence-electron chi connectivity index (χ3n) is 4.74. The first-order valence-corrected chi connectivity index (χ1v) is 9.84. The molecule has 8 nitrogen and oxygen atoms in total. The molecule has 0 unspecified atom stereocenters. The fourth-order valence-electron chi connectivity index (χ4n) is 3.12. The van der Waals surface area contributed by atoms with E-state index in [4.69, 9.17) is 5.73 Å². The largest absolute Gasteiger partial charge is 0.383 e. The van der Waals surface area contributed by atoms with Crippen LogP contribution >= 0.6 is 0 Å². The van der Waals surface area contributed by atoms with E-state index < -0.39 is 0 Å². The molecule has 3 heterocycles. The van der Waals surface area contributed by atoms with Crippen molar-refractivity contribution in [2.45, 2.75) is 20.3 Å². The molecule has 0 bridgehead atoms. The Balaban J connectivity index is 1.83. The van der Waals surface area contributed by atoms with Crippen LogP contribution in [-0.2, 0) is 0 Å². The van der Waals surface area contributed by atoms with E-state index in [1.165, 1.54) is 4.68 Å². The average molecular weight is 401 g/mol. The van der Waals surface area contributed by atoms with Gasteiger partial charge in [-0.05, 0) is 42.2 Å². The van der Waals surface area contributed by atoms with Crippen molar-refractivity contribution >= 4 is 40.1 Å². The molecule has 4 rings (SSSR count). The first kappa shape index (κ1) is 19.5. The molecule has 0 fully saturated rings. The quantitative estimate of drug-likeness (QED) is 0.482. The summed E-state index contributed by atoms with van der Waals surface area (Å²) in [5, 5.41) is 7.42. The lowest BCUT2D eigenvalue weighted by Crippen LogP contribution is -2.26. The summed E-state index contributed by atoms with van der Waals surface area (Å²) in [5.74, 6) is 0.408. The van der Waals surface area contributed by atoms with Gasteiger partial charge in [0.1, 0.15) is 16.9 Å². The minimum atomic E-state index is -0.277. The van der Waals surface area contributed by atoms with E-state index in [9.17, 15) is 4.79 Å². The van der Waals surface area contributed by atoms with Crippen LogP contribution in [0.1, 0.15) is 36.2 Å². The zero-order valence-electron chi connectivity index (χ0n) is 16.9. The third kappa shape index (κ3) is 3.84. The van der Waals surface area contributed by atoms with Crippen molar-refractivity contribution in [3.63, 3.8) is 0 Å². The van der Waals surface area contributed by atoms with Crippen LogP contribution in [-0.4, -0.2) is 38.3 Å². The van der Waals surface area contributed by atoms with Crippen LogP contribution in [0, 0.1) is 5.92 Å². The number of nitrogen functional groups attached to an aromatic ring is 1. The normalized spacial score (nSPS) is 11.7. The highest BCUT2D eigenvalue weighted by Gasteiger charge is 2.23. The Morgan fingerprint density at radius 2 is 1.87 bits per heavy atom. The molecule has 152 valence electrons. The number of aromatic nitrogens is 4. The fraction of sp³-hybridized carbons (Fsp3) is 0.227. The smallest absolute Gasteiger partial charge is 0.257 e. The van der Waals surface area contributed by atoms with Crippen LogP contribution in [0.4, 0.5) is 5.82 Å². The lowest BCUT2D eigenvalue weighted by molar-refractivity contribution is 0.0954. The van der Waals surface area contributed by atoms with Gasteiger partial charge in [0.05, 0.1) is 17.2 Å². The molecule has 0 atom stereocenters. The van der Waals surface area contributed by atoms with E-state index in [-0.39, 0.29) is 11.7 Å². The van der Waals surface area contributed by atoms with Crippen molar-refractivity contribution < 1.29 is 4.79 Å². The number of para-hydroxylation sites is 2. The third-order valence-corrected chi connectivity index (χ3v) is 4.74. The summed E-state index contributed by atoms with van der Waals surface area (Å²) >= 11 is 0. The molecule has 0 saturated heterocycles. The van der Waals surface area contributed by atoms with Gasteiger partial charge in [-0.2, -0.15) is 9.78 Å². The highest BCUT2D eigenvalue weighted by molar-refractivity contribution is 6.10. The van der Waals surface area contributed by atoms with E-state index in [2.05, 4.69) is 39.2 Å². The van der Waals surface area contributed by atoms with E-state index in [1.54, 1.807) is 18.6 Å². The number of fused-ring (bicyclic) bond motifs is 2. The molecule has 0 aliphatic heterocycles. The number of nitrogens with zero attached hydrogens (tertiary/aromatic N) is 5. The molecule has 0 aliphatic rings. The zero-order chi connectivity index (χ0) is 21.1. The molecule has 4 aromatic rings. The number of carbonyl (C=O) groups excluding carboxylic acids is 1. The molecule has 30 heavy (non-hydrogen) atoms. The standard InChI is InChI=1S/C22H23N7O/c1-14(2)7-12-25-22(30)18-19-21(28-17-6-4-3-5-16(17)27-19)29(20(18)23)26-13-15-8-10-24-11-9-15/h3-6,8-11,13-14H,7,12,23H2,1-2H3,(H,25,30). The van der Waals surface area contributed by atoms with Gasteiger partial charge in [-0.25, -0.2) is 9.97 Å². The van der Waals surface area contributed by atoms with Crippen molar-refractivity contribution in [2.75, 3.05) is 12.3 Å². The van der Waals surface area contributed by atoms with Crippen LogP contribution in [0.25, 0.3) is 22.2 Å². The average Bonchev–Trinajstić information content (AvgIpc) is 3.01. The van der Waals surface area contributed by atoms with Gasteiger partial charge >= 0.3 is 0 Å². The molecule has 0 saturated carbocycles. The minimum Gasteiger partial charge on any atom is -0.383 e. The number of nitrogens with two attached hydrogens (primary N) is 1. The molecule has 0 radical (unpaired) electrons. The molecule has 0 spiro atoms. The first-order chi connectivity index (χ1) is 14.5. The van der Waals surface area contributed by atoms with Crippen molar-refractivity contribution in [1.82, 2.24) is 24.9 Å². The molecular formula is C22H23N7O. The zero-order valence-corrected chi connectivity index (χ0v) is 16.9. The van der Waals surface area contributed by atoms with Gasteiger partial charge < -0.3 is 11.1 Å². The molecule has 0 aliphatic carbocycles. The lowest BCUT2D eigenvalue weighted by atomic mass is 10.1. The van der Waals surface area contributed by atoms with Crippen molar-refractivity contribution in [2.24, 2.45) is 11.0 Å². The van der Waals surface area contributed by atoms with Crippen molar-refractivity contribution in [1.29, 1.82) is 0 Å². The Labute approximate surface area is 173 Å². The molecule has 8 heteroatoms. The maximum absolute atomic E-state index is 13.0. The van der Waals surface area contributed by atoms with Crippen molar-refractivity contribution in [3.8, 4) is 0 Å². The maximum Gasteiger partial charge on any atom is 0.257 e. The fourth-order valence-corrected chi connectivity index (χ4v) is 3.12. The molecule has 1 aromatic carbocycles. The first-order valence-electron chi connectivity index (χ1n) is 9.84. The predicted octanol–water partition coefficient (Wildman–Crippen LogP) is 3.22. The van der Waals surface area contributed by atoms with Crippen LogP contribution in [0.15, 0.2) is 53.9 Å². The second-order valence-electron chi connectivity index (χ2n) is 7.42. The van der Waals surface area contributed by atoms with Crippen LogP contribution in [0.3, 0.4) is 0 Å². The second-order valence-corrected chi connectivity index (χ2v) is 7.42. The Morgan fingerprint density at radius 1 is 1.17 bits per heavy atom. The van der Waals surface area contributed by atoms with Crippen molar-refractivity contribution in [3.05, 3.63) is 59.9 Å². The summed E-state index contributed by atoms with van der Waals surface area (Å²) in [4.78, 5) is 26.3. The number of rotatable bonds is 6. The van der Waals surface area contributed by atoms with Gasteiger partial charge in [-0.1, -0.05) is 26.0 Å².